The summed E-state index contributed by atoms with van der Waals surface area (Å²) >= 11 is 0. The number of para-hydroxylation sites is 2. The molecule has 4 aliphatic carbocycles. The standard InChI is InChI=1S/C31H33NO3/c1-21-13-28(32(34,26-9-5-3-6-10-26)27-11-7-4-8-12-27)14-22(2)30(21)35-29(33)20-31-17-23-15-24(18-31)25(16-23)19-31/h3-14,23-25H,15-20H2,1-2H3. The molecule has 0 N–H and O–H groups in total. The van der Waals surface area contributed by atoms with Crippen LogP contribution in [0.2, 0.25) is 0 Å². The van der Waals surface area contributed by atoms with Gasteiger partial charge in [0.1, 0.15) is 22.8 Å². The second-order valence-corrected chi connectivity index (χ2v) is 11.3. The zero-order valence-corrected chi connectivity index (χ0v) is 20.6. The quantitative estimate of drug-likeness (QED) is 0.160. The predicted octanol–water partition coefficient (Wildman–Crippen LogP) is 7.89. The molecule has 4 fully saturated rings. The lowest BCUT2D eigenvalue weighted by Crippen LogP contribution is -2.32. The Morgan fingerprint density at radius 1 is 0.857 bits per heavy atom. The molecule has 2 unspecified atom stereocenters. The minimum absolute atomic E-state index is 0.125. The molecule has 3 aromatic carbocycles. The predicted molar refractivity (Wildman–Crippen MR) is 140 cm³/mol. The number of benzene rings is 3. The van der Waals surface area contributed by atoms with Gasteiger partial charge in [-0.2, -0.15) is 0 Å². The largest absolute Gasteiger partial charge is 0.616 e. The maximum Gasteiger partial charge on any atom is 0.311 e. The van der Waals surface area contributed by atoms with Crippen molar-refractivity contribution in [2.45, 2.75) is 52.4 Å². The monoisotopic (exact) mass is 467 g/mol. The van der Waals surface area contributed by atoms with Crippen LogP contribution in [-0.4, -0.2) is 5.97 Å². The van der Waals surface area contributed by atoms with E-state index >= 15 is 0 Å². The van der Waals surface area contributed by atoms with Crippen LogP contribution in [0.4, 0.5) is 17.1 Å². The van der Waals surface area contributed by atoms with Crippen LogP contribution in [0.3, 0.4) is 0 Å². The molecular weight excluding hydrogens is 434 g/mol. The summed E-state index contributed by atoms with van der Waals surface area (Å²) in [5.41, 5.74) is 3.65. The number of carbonyl (C=O) groups is 1. The zero-order chi connectivity index (χ0) is 24.2. The van der Waals surface area contributed by atoms with Gasteiger partial charge in [-0.1, -0.05) is 36.4 Å². The lowest BCUT2D eigenvalue weighted by atomic mass is 9.68. The first-order valence-corrected chi connectivity index (χ1v) is 12.9. The number of hydrogen-bond donors (Lipinski definition) is 0. The molecule has 0 aromatic heterocycles. The van der Waals surface area contributed by atoms with Gasteiger partial charge in [-0.15, -0.1) is 0 Å². The van der Waals surface area contributed by atoms with Crippen molar-refractivity contribution in [1.82, 2.24) is 4.65 Å². The van der Waals surface area contributed by atoms with E-state index in [1.165, 1.54) is 32.1 Å². The van der Waals surface area contributed by atoms with Gasteiger partial charge in [0.2, 0.25) is 0 Å². The number of aryl methyl sites for hydroxylation is 2. The van der Waals surface area contributed by atoms with Crippen molar-refractivity contribution in [2.75, 3.05) is 0 Å². The Balaban J connectivity index is 1.29. The number of ether oxygens (including phenoxy) is 1. The van der Waals surface area contributed by atoms with Crippen LogP contribution in [-0.2, 0) is 4.79 Å². The molecule has 4 bridgehead atoms. The molecular formula is C31H33NO3. The molecule has 0 saturated heterocycles. The van der Waals surface area contributed by atoms with Gasteiger partial charge in [-0.3, -0.25) is 9.44 Å². The number of rotatable bonds is 6. The molecule has 2 atom stereocenters. The number of quaternary nitrogens is 1. The fourth-order valence-corrected chi connectivity index (χ4v) is 7.64. The number of nitrogens with zero attached hydrogens (tertiary/aromatic N) is 1. The van der Waals surface area contributed by atoms with Crippen LogP contribution in [0, 0.1) is 42.2 Å². The van der Waals surface area contributed by atoms with Crippen LogP contribution < -0.4 is 9.38 Å². The summed E-state index contributed by atoms with van der Waals surface area (Å²) in [6, 6.07) is 22.6. The van der Waals surface area contributed by atoms with Crippen molar-refractivity contribution in [2.24, 2.45) is 23.2 Å². The molecule has 3 aromatic rings. The van der Waals surface area contributed by atoms with E-state index in [-0.39, 0.29) is 11.4 Å². The van der Waals surface area contributed by atoms with Gasteiger partial charge in [0, 0.05) is 36.4 Å². The van der Waals surface area contributed by atoms with Gasteiger partial charge in [0.05, 0.1) is 6.42 Å². The third-order valence-electron chi connectivity index (χ3n) is 8.83. The SMILES string of the molecule is Cc1cc([N+]([O-])(c2ccccc2)c2ccccc2)cc(C)c1OC(=O)CC12CC3CC(C1)C(C3)C2. The van der Waals surface area contributed by atoms with Gasteiger partial charge in [-0.05, 0) is 80.2 Å². The van der Waals surface area contributed by atoms with E-state index in [9.17, 15) is 10.0 Å². The maximum absolute atomic E-state index is 14.6. The average molecular weight is 468 g/mol. The van der Waals surface area contributed by atoms with E-state index in [1.54, 1.807) is 0 Å². The molecule has 4 aliphatic rings. The highest BCUT2D eigenvalue weighted by Gasteiger charge is 2.56. The molecule has 0 amide bonds. The summed E-state index contributed by atoms with van der Waals surface area (Å²) < 4.78 is 5.30. The Hall–Kier alpha value is -2.95. The van der Waals surface area contributed by atoms with Crippen LogP contribution in [0.25, 0.3) is 0 Å². The fraction of sp³-hybridized carbons (Fsp3) is 0.387. The summed E-state index contributed by atoms with van der Waals surface area (Å²) in [6.45, 7) is 3.86. The van der Waals surface area contributed by atoms with E-state index in [2.05, 4.69) is 0 Å². The number of carbonyl (C=O) groups excluding carboxylic acids is 1. The summed E-state index contributed by atoms with van der Waals surface area (Å²) in [5.74, 6) is 2.96. The molecule has 4 saturated carbocycles. The first-order valence-electron chi connectivity index (χ1n) is 12.9. The minimum Gasteiger partial charge on any atom is -0.616 e. The highest BCUT2D eigenvalue weighted by atomic mass is 16.5. The van der Waals surface area contributed by atoms with E-state index in [1.807, 2.05) is 86.6 Å². The summed E-state index contributed by atoms with van der Waals surface area (Å²) in [7, 11) is 0. The first-order chi connectivity index (χ1) is 16.9. The average Bonchev–Trinajstić information content (AvgIpc) is 3.27. The van der Waals surface area contributed by atoms with Gasteiger partial charge >= 0.3 is 5.97 Å². The lowest BCUT2D eigenvalue weighted by Gasteiger charge is -2.41. The number of hydrogen-bond acceptors (Lipinski definition) is 3. The second-order valence-electron chi connectivity index (χ2n) is 11.3. The first kappa shape index (κ1) is 22.5. The third-order valence-corrected chi connectivity index (χ3v) is 8.83. The van der Waals surface area contributed by atoms with E-state index in [4.69, 9.17) is 4.74 Å². The summed E-state index contributed by atoms with van der Waals surface area (Å²) in [5, 5.41) is 14.6. The normalized spacial score (nSPS) is 26.8. The van der Waals surface area contributed by atoms with Gasteiger partial charge < -0.3 is 9.94 Å². The smallest absolute Gasteiger partial charge is 0.311 e. The Bertz CT molecular complexity index is 1170. The van der Waals surface area contributed by atoms with Crippen molar-refractivity contribution < 1.29 is 9.53 Å². The molecule has 0 radical (unpaired) electrons. The zero-order valence-electron chi connectivity index (χ0n) is 20.6. The van der Waals surface area contributed by atoms with E-state index in [0.717, 1.165) is 28.9 Å². The maximum atomic E-state index is 14.6. The van der Waals surface area contributed by atoms with Gasteiger partial charge in [0.15, 0.2) is 0 Å². The lowest BCUT2D eigenvalue weighted by molar-refractivity contribution is -0.138. The van der Waals surface area contributed by atoms with Crippen LogP contribution >= 0.6 is 0 Å². The van der Waals surface area contributed by atoms with Crippen LogP contribution in [0.15, 0.2) is 72.8 Å². The summed E-state index contributed by atoms with van der Waals surface area (Å²) in [6.07, 6.45) is 6.86. The van der Waals surface area contributed by atoms with Crippen LogP contribution in [0.5, 0.6) is 5.75 Å². The van der Waals surface area contributed by atoms with Crippen molar-refractivity contribution in [3.05, 3.63) is 89.1 Å². The van der Waals surface area contributed by atoms with Gasteiger partial charge in [0.25, 0.3) is 0 Å². The Labute approximate surface area is 207 Å². The Morgan fingerprint density at radius 3 is 1.86 bits per heavy atom. The van der Waals surface area contributed by atoms with Crippen molar-refractivity contribution in [1.29, 1.82) is 0 Å². The fourth-order valence-electron chi connectivity index (χ4n) is 7.64. The third kappa shape index (κ3) is 3.80. The Morgan fingerprint density at radius 2 is 1.37 bits per heavy atom. The Kier molecular flexibility index (Phi) is 5.35. The molecule has 180 valence electrons. The van der Waals surface area contributed by atoms with E-state index < -0.39 is 4.65 Å². The van der Waals surface area contributed by atoms with Crippen molar-refractivity contribution in [3.63, 3.8) is 0 Å². The highest BCUT2D eigenvalue weighted by molar-refractivity contribution is 5.77. The minimum atomic E-state index is -0.704. The number of esters is 1. The second kappa shape index (κ2) is 8.32. The molecule has 0 spiro atoms. The molecule has 4 heteroatoms. The van der Waals surface area contributed by atoms with Crippen molar-refractivity contribution in [3.8, 4) is 5.75 Å². The topological polar surface area (TPSA) is 49.4 Å². The van der Waals surface area contributed by atoms with E-state index in [0.29, 0.717) is 29.2 Å². The summed E-state index contributed by atoms with van der Waals surface area (Å²) in [4.78, 5) is 13.1. The van der Waals surface area contributed by atoms with Crippen molar-refractivity contribution >= 4 is 23.0 Å². The van der Waals surface area contributed by atoms with Crippen LogP contribution in [0.1, 0.15) is 49.7 Å². The molecule has 4 nitrogen and oxygen atoms in total. The molecule has 0 aliphatic heterocycles. The highest BCUT2D eigenvalue weighted by Crippen LogP contribution is 2.65. The van der Waals surface area contributed by atoms with Gasteiger partial charge in [-0.25, -0.2) is 0 Å². The molecule has 0 heterocycles. The molecule has 35 heavy (non-hydrogen) atoms. The molecule has 7 rings (SSSR count).